The van der Waals surface area contributed by atoms with Crippen molar-refractivity contribution < 1.29 is 45.1 Å². The van der Waals surface area contributed by atoms with Gasteiger partial charge in [0, 0.05) is 0 Å². The second-order valence-corrected chi connectivity index (χ2v) is 23.3. The van der Waals surface area contributed by atoms with Gasteiger partial charge in [0.1, 0.15) is 14.6 Å². The minimum absolute atomic E-state index is 0.0421. The number of hydrogen-bond acceptors (Lipinski definition) is 12. The molecule has 278 valence electrons. The van der Waals surface area contributed by atoms with Crippen molar-refractivity contribution in [2.45, 2.75) is 96.5 Å². The average Bonchev–Trinajstić information content (AvgIpc) is 3.30. The molecule has 0 aromatic heterocycles. The van der Waals surface area contributed by atoms with Crippen LogP contribution in [0.1, 0.15) is 61.8 Å². The third-order valence-electron chi connectivity index (χ3n) is 8.74. The highest BCUT2D eigenvalue weighted by molar-refractivity contribution is 8.28. The molecule has 0 aliphatic carbocycles. The molecule has 0 saturated carbocycles. The number of sulfonamides is 1. The van der Waals surface area contributed by atoms with Gasteiger partial charge in [-0.3, -0.25) is 4.79 Å². The Hall–Kier alpha value is -3.28. The average molecular weight is 779 g/mol. The van der Waals surface area contributed by atoms with Crippen LogP contribution in [0.4, 0.5) is 0 Å². The first-order valence-electron chi connectivity index (χ1n) is 16.6. The SMILES string of the molecule is CCN[C@H]1C=C(S(=O)(=O)NC(=O)[C@H](C)OC(=O)[C@H](C)OC(=O)[C@H](C)O[Si](c2ccccc2)(c2ccccc2)C(C)(C)C)SC2=C1C[C@H](C)S2(=O)=O. The zero-order valence-corrected chi connectivity index (χ0v) is 33.4. The van der Waals surface area contributed by atoms with E-state index >= 15 is 0 Å². The predicted octanol–water partition coefficient (Wildman–Crippen LogP) is 3.25. The van der Waals surface area contributed by atoms with Crippen LogP contribution in [0.25, 0.3) is 0 Å². The number of likely N-dealkylation sites (N-methyl/N-ethyl adjacent to an activating group) is 1. The second-order valence-electron chi connectivity index (χ2n) is 13.5. The Morgan fingerprint density at radius 2 is 1.41 bits per heavy atom. The van der Waals surface area contributed by atoms with Crippen molar-refractivity contribution in [1.29, 1.82) is 0 Å². The summed E-state index contributed by atoms with van der Waals surface area (Å²) in [6.45, 7) is 14.0. The largest absolute Gasteiger partial charge is 0.450 e. The van der Waals surface area contributed by atoms with E-state index in [0.29, 0.717) is 23.9 Å². The Balaban J connectivity index is 1.42. The van der Waals surface area contributed by atoms with E-state index in [1.165, 1.54) is 19.9 Å². The highest BCUT2D eigenvalue weighted by Gasteiger charge is 2.52. The molecule has 16 heteroatoms. The van der Waals surface area contributed by atoms with Gasteiger partial charge in [-0.15, -0.1) is 0 Å². The maximum absolute atomic E-state index is 13.4. The number of hydrogen-bond donors (Lipinski definition) is 2. The molecule has 4 rings (SSSR count). The molecule has 5 atom stereocenters. The summed E-state index contributed by atoms with van der Waals surface area (Å²) in [5, 5.41) is 3.84. The molecule has 0 bridgehead atoms. The monoisotopic (exact) mass is 778 g/mol. The lowest BCUT2D eigenvalue weighted by Gasteiger charge is -2.44. The van der Waals surface area contributed by atoms with E-state index in [0.717, 1.165) is 10.4 Å². The van der Waals surface area contributed by atoms with Gasteiger partial charge in [0.2, 0.25) is 0 Å². The van der Waals surface area contributed by atoms with Crippen LogP contribution in [0.2, 0.25) is 5.04 Å². The molecule has 0 radical (unpaired) electrons. The predicted molar refractivity (Wildman–Crippen MR) is 200 cm³/mol. The van der Waals surface area contributed by atoms with E-state index in [4.69, 9.17) is 13.9 Å². The van der Waals surface area contributed by atoms with Gasteiger partial charge in [0.15, 0.2) is 22.0 Å². The number of carbonyl (C=O) groups excluding carboxylic acids is 3. The molecule has 0 unspecified atom stereocenters. The van der Waals surface area contributed by atoms with E-state index in [1.54, 1.807) is 20.8 Å². The standard InChI is InChI=1S/C35H46N2O10S3Si/c1-9-36-29-21-30(48-34-28(29)20-22(2)49(34,41)42)50(43,44)37-31(38)23(3)45-32(39)24(4)46-33(40)25(5)47-51(35(6,7)8,26-16-12-10-13-17-26)27-18-14-11-15-19-27/h10-19,21-25,29,36H,9,20H2,1-8H3,(H,37,38)/t22-,23-,24-,25-,29-/m0/s1. The third-order valence-corrected chi connectivity index (χ3v) is 19.6. The second kappa shape index (κ2) is 15.8. The summed E-state index contributed by atoms with van der Waals surface area (Å²) in [7, 11) is -11.4. The molecule has 2 aromatic carbocycles. The summed E-state index contributed by atoms with van der Waals surface area (Å²) in [4.78, 5) is 39.3. The fraction of sp³-hybridized carbons (Fsp3) is 0.457. The van der Waals surface area contributed by atoms with Crippen molar-refractivity contribution in [2.75, 3.05) is 6.54 Å². The van der Waals surface area contributed by atoms with E-state index < -0.39 is 80.7 Å². The molecule has 51 heavy (non-hydrogen) atoms. The zero-order chi connectivity index (χ0) is 37.9. The van der Waals surface area contributed by atoms with Gasteiger partial charge in [-0.2, -0.15) is 0 Å². The van der Waals surface area contributed by atoms with Gasteiger partial charge in [-0.25, -0.2) is 31.1 Å². The molecule has 0 spiro atoms. The maximum atomic E-state index is 13.4. The van der Waals surface area contributed by atoms with Crippen molar-refractivity contribution in [2.24, 2.45) is 0 Å². The summed E-state index contributed by atoms with van der Waals surface area (Å²) in [5.74, 6) is -3.08. The van der Waals surface area contributed by atoms with E-state index in [1.807, 2.05) is 65.4 Å². The number of rotatable bonds is 13. The third kappa shape index (κ3) is 8.52. The minimum Gasteiger partial charge on any atom is -0.450 e. The van der Waals surface area contributed by atoms with Crippen molar-refractivity contribution in [3.63, 3.8) is 0 Å². The fourth-order valence-corrected chi connectivity index (χ4v) is 15.8. The summed E-state index contributed by atoms with van der Waals surface area (Å²) in [6.07, 6.45) is -2.55. The van der Waals surface area contributed by atoms with Crippen LogP contribution >= 0.6 is 11.8 Å². The number of sulfone groups is 1. The summed E-state index contributed by atoms with van der Waals surface area (Å²) in [5.41, 5.74) is 0.580. The quantitative estimate of drug-likeness (QED) is 0.225. The summed E-state index contributed by atoms with van der Waals surface area (Å²) < 4.78 is 71.2. The van der Waals surface area contributed by atoms with Crippen LogP contribution < -0.4 is 20.4 Å². The Labute approximate surface area is 305 Å². The Morgan fingerprint density at radius 1 is 0.902 bits per heavy atom. The van der Waals surface area contributed by atoms with Gasteiger partial charge in [0.25, 0.3) is 24.2 Å². The van der Waals surface area contributed by atoms with E-state index in [-0.39, 0.29) is 14.9 Å². The molecule has 2 heterocycles. The molecule has 1 amide bonds. The lowest BCUT2D eigenvalue weighted by molar-refractivity contribution is -0.174. The smallest absolute Gasteiger partial charge is 0.347 e. The van der Waals surface area contributed by atoms with Crippen molar-refractivity contribution in [3.05, 3.63) is 80.8 Å². The van der Waals surface area contributed by atoms with Crippen molar-refractivity contribution in [1.82, 2.24) is 10.0 Å². The van der Waals surface area contributed by atoms with Crippen LogP contribution in [-0.4, -0.2) is 79.1 Å². The van der Waals surface area contributed by atoms with Crippen LogP contribution in [0.15, 0.2) is 80.8 Å². The number of nitrogens with one attached hydrogen (secondary N) is 2. The number of carbonyl (C=O) groups is 3. The van der Waals surface area contributed by atoms with Gasteiger partial charge >= 0.3 is 11.9 Å². The first-order chi connectivity index (χ1) is 23.8. The van der Waals surface area contributed by atoms with Gasteiger partial charge in [0.05, 0.1) is 11.3 Å². The minimum atomic E-state index is -4.55. The highest BCUT2D eigenvalue weighted by Crippen LogP contribution is 2.48. The lowest BCUT2D eigenvalue weighted by atomic mass is 10.0. The first kappa shape index (κ1) is 40.5. The lowest BCUT2D eigenvalue weighted by Crippen LogP contribution is -2.68. The van der Waals surface area contributed by atoms with Gasteiger partial charge < -0.3 is 19.2 Å². The van der Waals surface area contributed by atoms with E-state index in [9.17, 15) is 31.2 Å². The molecule has 2 aromatic rings. The van der Waals surface area contributed by atoms with Gasteiger partial charge in [-0.05, 0) is 67.7 Å². The van der Waals surface area contributed by atoms with Crippen LogP contribution in [0, 0.1) is 0 Å². The number of benzene rings is 2. The molecule has 0 saturated heterocycles. The number of amides is 1. The molecule has 12 nitrogen and oxygen atoms in total. The van der Waals surface area contributed by atoms with Crippen LogP contribution in [0.5, 0.6) is 0 Å². The normalized spacial score (nSPS) is 20.7. The summed E-state index contributed by atoms with van der Waals surface area (Å²) >= 11 is 0.569. The zero-order valence-electron chi connectivity index (χ0n) is 30.0. The number of ether oxygens (including phenoxy) is 2. The number of thioether (sulfide) groups is 1. The van der Waals surface area contributed by atoms with Gasteiger partial charge in [-0.1, -0.05) is 100 Å². The first-order valence-corrected chi connectivity index (χ1v) is 22.4. The highest BCUT2D eigenvalue weighted by atomic mass is 32.3. The van der Waals surface area contributed by atoms with E-state index in [2.05, 4.69) is 26.1 Å². The molecule has 2 aliphatic heterocycles. The molecule has 0 fully saturated rings. The summed E-state index contributed by atoms with van der Waals surface area (Å²) in [6, 6.07) is 18.7. The maximum Gasteiger partial charge on any atom is 0.347 e. The number of esters is 2. The van der Waals surface area contributed by atoms with Crippen molar-refractivity contribution in [3.8, 4) is 0 Å². The van der Waals surface area contributed by atoms with Crippen molar-refractivity contribution >= 4 is 68.2 Å². The molecule has 2 aliphatic rings. The van der Waals surface area contributed by atoms with Crippen LogP contribution in [-0.2, 0) is 48.1 Å². The fourth-order valence-electron chi connectivity index (χ4n) is 6.07. The molecular formula is C35H46N2O10S3Si. The molecular weight excluding hydrogens is 733 g/mol. The Bertz CT molecular complexity index is 1870. The topological polar surface area (TPSA) is 171 Å². The Morgan fingerprint density at radius 3 is 1.92 bits per heavy atom. The Kier molecular flexibility index (Phi) is 12.5. The molecule has 2 N–H and O–H groups in total. The van der Waals surface area contributed by atoms with Crippen LogP contribution in [0.3, 0.4) is 0 Å².